The van der Waals surface area contributed by atoms with Gasteiger partial charge < -0.3 is 9.84 Å². The smallest absolute Gasteiger partial charge is 0.338 e. The predicted octanol–water partition coefficient (Wildman–Crippen LogP) is 6.11. The van der Waals surface area contributed by atoms with E-state index in [0.29, 0.717) is 34.7 Å². The Kier molecular flexibility index (Phi) is 5.81. The maximum atomic E-state index is 12.9. The van der Waals surface area contributed by atoms with E-state index in [1.807, 2.05) is 18.2 Å². The molecule has 2 unspecified atom stereocenters. The van der Waals surface area contributed by atoms with E-state index in [1.54, 1.807) is 12.1 Å². The fourth-order valence-electron chi connectivity index (χ4n) is 7.69. The SMILES string of the molecule is C[C@@H]1CC(O)C(OC(=O)c2ccccc2)[C@@]2(C)CC[C@H]3[C@H](C)CC[C@@H](C[C@H]12)C3(C)C. The summed E-state index contributed by atoms with van der Waals surface area (Å²) in [5, 5.41) is 11.1. The molecule has 2 bridgehead atoms. The molecular formula is C27H40O3. The van der Waals surface area contributed by atoms with Crippen LogP contribution in [-0.4, -0.2) is 23.3 Å². The molecule has 0 saturated heterocycles. The summed E-state index contributed by atoms with van der Waals surface area (Å²) >= 11 is 0. The topological polar surface area (TPSA) is 46.5 Å². The summed E-state index contributed by atoms with van der Waals surface area (Å²) < 4.78 is 6.12. The average molecular weight is 413 g/mol. The number of ether oxygens (including phenoxy) is 1. The van der Waals surface area contributed by atoms with Gasteiger partial charge in [-0.2, -0.15) is 0 Å². The zero-order valence-corrected chi connectivity index (χ0v) is 19.4. The van der Waals surface area contributed by atoms with Crippen molar-refractivity contribution >= 4 is 5.97 Å². The van der Waals surface area contributed by atoms with E-state index in [1.165, 1.54) is 19.3 Å². The first-order chi connectivity index (χ1) is 14.1. The quantitative estimate of drug-likeness (QED) is 0.596. The third kappa shape index (κ3) is 3.61. The Hall–Kier alpha value is -1.35. The van der Waals surface area contributed by atoms with E-state index >= 15 is 0 Å². The number of rotatable bonds is 2. The maximum Gasteiger partial charge on any atom is 0.338 e. The Bertz CT molecular complexity index is 757. The standard InChI is InChI=1S/C27H40O3/c1-17-11-12-20-16-22-18(2)15-23(28)24(30-25(29)19-9-7-6-8-10-19)27(22,5)14-13-21(17)26(20,3)4/h6-10,17-18,20-24,28H,11-16H2,1-5H3/t17-,18-,20+,21+,22-,23?,24?,27+/m1/s1. The van der Waals surface area contributed by atoms with Gasteiger partial charge in [-0.15, -0.1) is 0 Å². The molecule has 8 atom stereocenters. The monoisotopic (exact) mass is 412 g/mol. The normalized spacial score (nSPS) is 43.1. The molecule has 0 aliphatic heterocycles. The minimum absolute atomic E-state index is 0.175. The Morgan fingerprint density at radius 3 is 2.37 bits per heavy atom. The van der Waals surface area contributed by atoms with E-state index < -0.39 is 12.2 Å². The molecule has 0 radical (unpaired) electrons. The molecule has 1 aromatic carbocycles. The Balaban J connectivity index is 1.65. The molecule has 166 valence electrons. The zero-order valence-electron chi connectivity index (χ0n) is 19.4. The van der Waals surface area contributed by atoms with Crippen molar-refractivity contribution in [1.82, 2.24) is 0 Å². The second-order valence-electron chi connectivity index (χ2n) is 11.5. The molecule has 30 heavy (non-hydrogen) atoms. The summed E-state index contributed by atoms with van der Waals surface area (Å²) in [6, 6.07) is 9.23. The summed E-state index contributed by atoms with van der Waals surface area (Å²) in [7, 11) is 0. The lowest BCUT2D eigenvalue weighted by atomic mass is 9.48. The molecule has 0 heterocycles. The predicted molar refractivity (Wildman–Crippen MR) is 120 cm³/mol. The lowest BCUT2D eigenvalue weighted by Gasteiger charge is -2.59. The zero-order chi connectivity index (χ0) is 21.7. The number of fused-ring (bicyclic) bond motifs is 3. The molecule has 1 N–H and O–H groups in total. The highest BCUT2D eigenvalue weighted by Crippen LogP contribution is 2.60. The fourth-order valence-corrected chi connectivity index (χ4v) is 7.69. The van der Waals surface area contributed by atoms with Gasteiger partial charge in [0.25, 0.3) is 0 Å². The minimum Gasteiger partial charge on any atom is -0.455 e. The van der Waals surface area contributed by atoms with Crippen molar-refractivity contribution in [3.63, 3.8) is 0 Å². The van der Waals surface area contributed by atoms with Crippen LogP contribution < -0.4 is 0 Å². The summed E-state index contributed by atoms with van der Waals surface area (Å²) in [4.78, 5) is 12.9. The Morgan fingerprint density at radius 1 is 0.967 bits per heavy atom. The molecule has 3 saturated carbocycles. The summed E-state index contributed by atoms with van der Waals surface area (Å²) in [6.07, 6.45) is 5.74. The first kappa shape index (κ1) is 21.9. The van der Waals surface area contributed by atoms with Gasteiger partial charge in [0, 0.05) is 5.41 Å². The van der Waals surface area contributed by atoms with Crippen molar-refractivity contribution in [2.75, 3.05) is 0 Å². The summed E-state index contributed by atoms with van der Waals surface area (Å²) in [5.74, 6) is 2.79. The van der Waals surface area contributed by atoms with Crippen LogP contribution in [0.4, 0.5) is 0 Å². The molecule has 1 aromatic rings. The number of hydrogen-bond acceptors (Lipinski definition) is 3. The highest BCUT2D eigenvalue weighted by Gasteiger charge is 2.57. The molecule has 3 aliphatic carbocycles. The summed E-state index contributed by atoms with van der Waals surface area (Å²) in [5.41, 5.74) is 0.761. The third-order valence-corrected chi connectivity index (χ3v) is 9.59. The van der Waals surface area contributed by atoms with Gasteiger partial charge >= 0.3 is 5.97 Å². The lowest BCUT2D eigenvalue weighted by Crippen LogP contribution is -2.58. The van der Waals surface area contributed by atoms with Crippen molar-refractivity contribution in [3.8, 4) is 0 Å². The van der Waals surface area contributed by atoms with Gasteiger partial charge in [-0.1, -0.05) is 59.2 Å². The van der Waals surface area contributed by atoms with E-state index in [2.05, 4.69) is 34.6 Å². The molecule has 3 heteroatoms. The number of aliphatic hydroxyl groups excluding tert-OH is 1. The van der Waals surface area contributed by atoms with Crippen molar-refractivity contribution in [1.29, 1.82) is 0 Å². The molecule has 0 aromatic heterocycles. The van der Waals surface area contributed by atoms with Crippen LogP contribution in [0.1, 0.15) is 83.5 Å². The van der Waals surface area contributed by atoms with Crippen molar-refractivity contribution < 1.29 is 14.6 Å². The van der Waals surface area contributed by atoms with Crippen LogP contribution in [0.3, 0.4) is 0 Å². The molecule has 3 nitrogen and oxygen atoms in total. The fraction of sp³-hybridized carbons (Fsp3) is 0.741. The number of hydrogen-bond donors (Lipinski definition) is 1. The lowest BCUT2D eigenvalue weighted by molar-refractivity contribution is -0.167. The Labute approximate surface area is 182 Å². The maximum absolute atomic E-state index is 12.9. The van der Waals surface area contributed by atoms with Crippen molar-refractivity contribution in [2.45, 2.75) is 85.4 Å². The Morgan fingerprint density at radius 2 is 1.67 bits per heavy atom. The van der Waals surface area contributed by atoms with Crippen LogP contribution in [0, 0.1) is 40.4 Å². The van der Waals surface area contributed by atoms with Gasteiger partial charge in [0.15, 0.2) is 0 Å². The molecular weight excluding hydrogens is 372 g/mol. The first-order valence-electron chi connectivity index (χ1n) is 12.1. The van der Waals surface area contributed by atoms with E-state index in [-0.39, 0.29) is 11.4 Å². The van der Waals surface area contributed by atoms with Crippen molar-refractivity contribution in [3.05, 3.63) is 35.9 Å². The average Bonchev–Trinajstić information content (AvgIpc) is 2.69. The largest absolute Gasteiger partial charge is 0.455 e. The summed E-state index contributed by atoms with van der Waals surface area (Å²) in [6.45, 7) is 12.0. The van der Waals surface area contributed by atoms with Crippen LogP contribution in [-0.2, 0) is 4.74 Å². The first-order valence-corrected chi connectivity index (χ1v) is 12.1. The minimum atomic E-state index is -0.585. The molecule has 0 spiro atoms. The van der Waals surface area contributed by atoms with Crippen molar-refractivity contribution in [2.24, 2.45) is 40.4 Å². The van der Waals surface area contributed by atoms with Crippen LogP contribution in [0.2, 0.25) is 0 Å². The van der Waals surface area contributed by atoms with Gasteiger partial charge in [0.2, 0.25) is 0 Å². The third-order valence-electron chi connectivity index (χ3n) is 9.59. The van der Waals surface area contributed by atoms with Crippen LogP contribution in [0.5, 0.6) is 0 Å². The number of aliphatic hydroxyl groups is 1. The van der Waals surface area contributed by atoms with Gasteiger partial charge in [-0.25, -0.2) is 4.79 Å². The van der Waals surface area contributed by atoms with Crippen LogP contribution in [0.25, 0.3) is 0 Å². The van der Waals surface area contributed by atoms with Crippen LogP contribution in [0.15, 0.2) is 30.3 Å². The molecule has 3 aliphatic rings. The number of carbonyl (C=O) groups is 1. The van der Waals surface area contributed by atoms with Gasteiger partial charge in [-0.3, -0.25) is 0 Å². The number of carbonyl (C=O) groups excluding carboxylic acids is 1. The van der Waals surface area contributed by atoms with Gasteiger partial charge in [0.05, 0.1) is 11.7 Å². The van der Waals surface area contributed by atoms with E-state index in [0.717, 1.165) is 25.2 Å². The van der Waals surface area contributed by atoms with Gasteiger partial charge in [0.1, 0.15) is 6.10 Å². The second-order valence-corrected chi connectivity index (χ2v) is 11.5. The van der Waals surface area contributed by atoms with Crippen LogP contribution >= 0.6 is 0 Å². The number of benzene rings is 1. The molecule has 3 fully saturated rings. The van der Waals surface area contributed by atoms with E-state index in [9.17, 15) is 9.90 Å². The van der Waals surface area contributed by atoms with E-state index in [4.69, 9.17) is 4.74 Å². The number of esters is 1. The van der Waals surface area contributed by atoms with Gasteiger partial charge in [-0.05, 0) is 79.2 Å². The molecule has 0 amide bonds. The second kappa shape index (κ2) is 7.97. The molecule has 4 rings (SSSR count). The highest BCUT2D eigenvalue weighted by atomic mass is 16.6. The highest BCUT2D eigenvalue weighted by molar-refractivity contribution is 5.89.